The van der Waals surface area contributed by atoms with E-state index in [1.54, 1.807) is 14.2 Å². The highest BCUT2D eigenvalue weighted by Gasteiger charge is 2.13. The zero-order valence-electron chi connectivity index (χ0n) is 11.1. The summed E-state index contributed by atoms with van der Waals surface area (Å²) in [5.74, 6) is 1.60. The number of methoxy groups -OCH3 is 2. The van der Waals surface area contributed by atoms with Crippen LogP contribution in [-0.4, -0.2) is 33.4 Å². The van der Waals surface area contributed by atoms with Crippen LogP contribution in [0, 0.1) is 0 Å². The Labute approximate surface area is 108 Å². The predicted molar refractivity (Wildman–Crippen MR) is 70.2 cm³/mol. The third-order valence-electron chi connectivity index (χ3n) is 3.15. The molecule has 1 aliphatic heterocycles. The summed E-state index contributed by atoms with van der Waals surface area (Å²) in [6.45, 7) is 2.65. The molecule has 0 bridgehead atoms. The Morgan fingerprint density at radius 3 is 2.44 bits per heavy atom. The van der Waals surface area contributed by atoms with Crippen LogP contribution in [0.5, 0.6) is 11.5 Å². The maximum absolute atomic E-state index is 5.89. The van der Waals surface area contributed by atoms with Crippen molar-refractivity contribution in [2.75, 3.05) is 27.3 Å². The van der Waals surface area contributed by atoms with Gasteiger partial charge in [0, 0.05) is 12.6 Å². The summed E-state index contributed by atoms with van der Waals surface area (Å²) in [6, 6.07) is 5.84. The van der Waals surface area contributed by atoms with Crippen molar-refractivity contribution in [3.05, 3.63) is 23.8 Å². The van der Waals surface area contributed by atoms with Gasteiger partial charge in [0.05, 0.1) is 26.9 Å². The summed E-state index contributed by atoms with van der Waals surface area (Å²) < 4.78 is 16.4. The van der Waals surface area contributed by atoms with Crippen molar-refractivity contribution in [3.63, 3.8) is 0 Å². The Bertz CT molecular complexity index is 353. The average Bonchev–Trinajstić information content (AvgIpc) is 2.45. The standard InChI is InChI=1S/C14H21NO3/c1-16-13-6-11(7-14(8-13)17-2)10-18-12-4-3-5-15-9-12/h6-8,12,15H,3-5,9-10H2,1-2H3. The van der Waals surface area contributed by atoms with Crippen molar-refractivity contribution in [3.8, 4) is 11.5 Å². The zero-order valence-corrected chi connectivity index (χ0v) is 11.1. The van der Waals surface area contributed by atoms with Crippen LogP contribution in [0.2, 0.25) is 0 Å². The smallest absolute Gasteiger partial charge is 0.122 e. The molecule has 1 fully saturated rings. The molecular weight excluding hydrogens is 230 g/mol. The molecule has 0 amide bonds. The molecular formula is C14H21NO3. The molecule has 1 heterocycles. The van der Waals surface area contributed by atoms with Gasteiger partial charge in [-0.1, -0.05) is 0 Å². The lowest BCUT2D eigenvalue weighted by Gasteiger charge is -2.23. The molecule has 1 aromatic rings. The minimum atomic E-state index is 0.316. The third-order valence-corrected chi connectivity index (χ3v) is 3.15. The van der Waals surface area contributed by atoms with Gasteiger partial charge in [0.15, 0.2) is 0 Å². The summed E-state index contributed by atoms with van der Waals surface area (Å²) in [5, 5.41) is 3.34. The molecule has 0 radical (unpaired) electrons. The SMILES string of the molecule is COc1cc(COC2CCCNC2)cc(OC)c1. The van der Waals surface area contributed by atoms with Crippen molar-refractivity contribution in [1.82, 2.24) is 5.32 Å². The van der Waals surface area contributed by atoms with Gasteiger partial charge in [0.1, 0.15) is 11.5 Å². The Morgan fingerprint density at radius 2 is 1.89 bits per heavy atom. The van der Waals surface area contributed by atoms with Gasteiger partial charge in [0.2, 0.25) is 0 Å². The quantitative estimate of drug-likeness (QED) is 0.868. The summed E-state index contributed by atoms with van der Waals surface area (Å²) in [7, 11) is 3.31. The van der Waals surface area contributed by atoms with E-state index in [9.17, 15) is 0 Å². The number of piperidine rings is 1. The molecule has 0 spiro atoms. The van der Waals surface area contributed by atoms with E-state index in [1.807, 2.05) is 18.2 Å². The second kappa shape index (κ2) is 6.61. The van der Waals surface area contributed by atoms with Gasteiger partial charge in [0.25, 0.3) is 0 Å². The molecule has 1 aromatic carbocycles. The predicted octanol–water partition coefficient (Wildman–Crippen LogP) is 1.97. The van der Waals surface area contributed by atoms with Crippen LogP contribution in [0.25, 0.3) is 0 Å². The van der Waals surface area contributed by atoms with E-state index in [2.05, 4.69) is 5.32 Å². The van der Waals surface area contributed by atoms with Crippen LogP contribution in [0.15, 0.2) is 18.2 Å². The second-order valence-corrected chi connectivity index (χ2v) is 4.50. The first-order valence-electron chi connectivity index (χ1n) is 6.36. The van der Waals surface area contributed by atoms with Gasteiger partial charge < -0.3 is 19.5 Å². The number of nitrogens with one attached hydrogen (secondary N) is 1. The Hall–Kier alpha value is -1.26. The van der Waals surface area contributed by atoms with E-state index in [1.165, 1.54) is 6.42 Å². The van der Waals surface area contributed by atoms with Gasteiger partial charge in [-0.15, -0.1) is 0 Å². The molecule has 0 aromatic heterocycles. The van der Waals surface area contributed by atoms with Gasteiger partial charge in [-0.3, -0.25) is 0 Å². The zero-order chi connectivity index (χ0) is 12.8. The first kappa shape index (κ1) is 13.2. The second-order valence-electron chi connectivity index (χ2n) is 4.50. The fraction of sp³-hybridized carbons (Fsp3) is 0.571. The van der Waals surface area contributed by atoms with Gasteiger partial charge in [-0.2, -0.15) is 0 Å². The third kappa shape index (κ3) is 3.62. The van der Waals surface area contributed by atoms with Crippen LogP contribution in [-0.2, 0) is 11.3 Å². The lowest BCUT2D eigenvalue weighted by molar-refractivity contribution is 0.0251. The molecule has 4 nitrogen and oxygen atoms in total. The number of benzene rings is 1. The normalized spacial score (nSPS) is 19.6. The number of ether oxygens (including phenoxy) is 3. The van der Waals surface area contributed by atoms with Crippen molar-refractivity contribution in [2.45, 2.75) is 25.6 Å². The molecule has 1 unspecified atom stereocenters. The first-order chi connectivity index (χ1) is 8.81. The van der Waals surface area contributed by atoms with E-state index in [0.29, 0.717) is 12.7 Å². The Balaban J connectivity index is 1.94. The molecule has 2 rings (SSSR count). The lowest BCUT2D eigenvalue weighted by atomic mass is 10.1. The number of hydrogen-bond acceptors (Lipinski definition) is 4. The first-order valence-corrected chi connectivity index (χ1v) is 6.36. The van der Waals surface area contributed by atoms with Crippen LogP contribution < -0.4 is 14.8 Å². The maximum atomic E-state index is 5.89. The number of rotatable bonds is 5. The van der Waals surface area contributed by atoms with Crippen LogP contribution >= 0.6 is 0 Å². The highest BCUT2D eigenvalue weighted by molar-refractivity contribution is 5.38. The molecule has 18 heavy (non-hydrogen) atoms. The Morgan fingerprint density at radius 1 is 1.17 bits per heavy atom. The molecule has 1 N–H and O–H groups in total. The summed E-state index contributed by atoms with van der Waals surface area (Å²) >= 11 is 0. The summed E-state index contributed by atoms with van der Waals surface area (Å²) in [6.07, 6.45) is 2.64. The van der Waals surface area contributed by atoms with Gasteiger partial charge in [-0.05, 0) is 37.1 Å². The fourth-order valence-corrected chi connectivity index (χ4v) is 2.13. The maximum Gasteiger partial charge on any atom is 0.122 e. The van der Waals surface area contributed by atoms with E-state index in [-0.39, 0.29) is 0 Å². The van der Waals surface area contributed by atoms with E-state index >= 15 is 0 Å². The van der Waals surface area contributed by atoms with Gasteiger partial charge >= 0.3 is 0 Å². The molecule has 100 valence electrons. The highest BCUT2D eigenvalue weighted by Crippen LogP contribution is 2.23. The molecule has 1 atom stereocenters. The summed E-state index contributed by atoms with van der Waals surface area (Å²) in [5.41, 5.74) is 1.08. The molecule has 4 heteroatoms. The highest BCUT2D eigenvalue weighted by atomic mass is 16.5. The lowest BCUT2D eigenvalue weighted by Crippen LogP contribution is -2.35. The topological polar surface area (TPSA) is 39.7 Å². The molecule has 0 saturated carbocycles. The van der Waals surface area contributed by atoms with E-state index in [0.717, 1.165) is 36.6 Å². The van der Waals surface area contributed by atoms with Crippen molar-refractivity contribution in [2.24, 2.45) is 0 Å². The fourth-order valence-electron chi connectivity index (χ4n) is 2.13. The van der Waals surface area contributed by atoms with Crippen molar-refractivity contribution < 1.29 is 14.2 Å². The monoisotopic (exact) mass is 251 g/mol. The molecule has 1 saturated heterocycles. The van der Waals surface area contributed by atoms with Crippen LogP contribution in [0.1, 0.15) is 18.4 Å². The van der Waals surface area contributed by atoms with Crippen molar-refractivity contribution >= 4 is 0 Å². The largest absolute Gasteiger partial charge is 0.497 e. The molecule has 1 aliphatic rings. The average molecular weight is 251 g/mol. The van der Waals surface area contributed by atoms with Crippen molar-refractivity contribution in [1.29, 1.82) is 0 Å². The van der Waals surface area contributed by atoms with Gasteiger partial charge in [-0.25, -0.2) is 0 Å². The summed E-state index contributed by atoms with van der Waals surface area (Å²) in [4.78, 5) is 0. The van der Waals surface area contributed by atoms with Crippen LogP contribution in [0.4, 0.5) is 0 Å². The minimum Gasteiger partial charge on any atom is -0.497 e. The molecule has 0 aliphatic carbocycles. The van der Waals surface area contributed by atoms with E-state index in [4.69, 9.17) is 14.2 Å². The van der Waals surface area contributed by atoms with Crippen LogP contribution in [0.3, 0.4) is 0 Å². The Kier molecular flexibility index (Phi) is 4.84. The van der Waals surface area contributed by atoms with E-state index < -0.39 is 0 Å². The minimum absolute atomic E-state index is 0.316. The number of hydrogen-bond donors (Lipinski definition) is 1.